The minimum atomic E-state index is 0.231. The SMILES string of the molecule is Cc1nc2cnc(Cl)nc2n1-c1ccccc1. The van der Waals surface area contributed by atoms with E-state index in [4.69, 9.17) is 11.6 Å². The van der Waals surface area contributed by atoms with E-state index in [0.29, 0.717) is 0 Å². The van der Waals surface area contributed by atoms with E-state index in [9.17, 15) is 0 Å². The molecular formula is C12H9ClN4. The van der Waals surface area contributed by atoms with Gasteiger partial charge in [-0.25, -0.2) is 9.97 Å². The normalized spacial score (nSPS) is 10.9. The van der Waals surface area contributed by atoms with Crippen LogP contribution in [0.15, 0.2) is 36.5 Å². The average molecular weight is 245 g/mol. The maximum atomic E-state index is 5.82. The fraction of sp³-hybridized carbons (Fsp3) is 0.0833. The molecule has 0 bridgehead atoms. The van der Waals surface area contributed by atoms with E-state index in [2.05, 4.69) is 15.0 Å². The van der Waals surface area contributed by atoms with Crippen molar-refractivity contribution in [2.75, 3.05) is 0 Å². The summed E-state index contributed by atoms with van der Waals surface area (Å²) in [6.07, 6.45) is 1.64. The van der Waals surface area contributed by atoms with Crippen LogP contribution in [-0.4, -0.2) is 19.5 Å². The van der Waals surface area contributed by atoms with Crippen molar-refractivity contribution in [3.63, 3.8) is 0 Å². The zero-order chi connectivity index (χ0) is 11.8. The van der Waals surface area contributed by atoms with Gasteiger partial charge in [0.2, 0.25) is 5.28 Å². The third kappa shape index (κ3) is 1.66. The maximum Gasteiger partial charge on any atom is 0.224 e. The minimum Gasteiger partial charge on any atom is -0.281 e. The van der Waals surface area contributed by atoms with Gasteiger partial charge in [-0.15, -0.1) is 0 Å². The highest BCUT2D eigenvalue weighted by Gasteiger charge is 2.10. The average Bonchev–Trinajstić information content (AvgIpc) is 2.65. The summed E-state index contributed by atoms with van der Waals surface area (Å²) in [7, 11) is 0. The quantitative estimate of drug-likeness (QED) is 0.618. The smallest absolute Gasteiger partial charge is 0.224 e. The number of hydrogen-bond acceptors (Lipinski definition) is 3. The van der Waals surface area contributed by atoms with E-state index >= 15 is 0 Å². The summed E-state index contributed by atoms with van der Waals surface area (Å²) in [6, 6.07) is 9.93. The lowest BCUT2D eigenvalue weighted by Crippen LogP contribution is -1.98. The van der Waals surface area contributed by atoms with Crippen molar-refractivity contribution in [1.82, 2.24) is 19.5 Å². The summed E-state index contributed by atoms with van der Waals surface area (Å²) in [4.78, 5) is 12.6. The van der Waals surface area contributed by atoms with E-state index < -0.39 is 0 Å². The molecule has 0 fully saturated rings. The topological polar surface area (TPSA) is 43.6 Å². The molecule has 3 rings (SSSR count). The molecule has 0 aliphatic rings. The number of hydrogen-bond donors (Lipinski definition) is 0. The molecular weight excluding hydrogens is 236 g/mol. The van der Waals surface area contributed by atoms with Gasteiger partial charge in [-0.2, -0.15) is 4.98 Å². The van der Waals surface area contributed by atoms with Gasteiger partial charge in [-0.1, -0.05) is 18.2 Å². The fourth-order valence-corrected chi connectivity index (χ4v) is 1.98. The molecule has 0 N–H and O–H groups in total. The van der Waals surface area contributed by atoms with Crippen molar-refractivity contribution in [2.45, 2.75) is 6.92 Å². The molecule has 2 heterocycles. The molecule has 0 aliphatic carbocycles. The molecule has 0 radical (unpaired) electrons. The Bertz CT molecular complexity index is 676. The van der Waals surface area contributed by atoms with Crippen LogP contribution < -0.4 is 0 Å². The van der Waals surface area contributed by atoms with Crippen LogP contribution in [0.1, 0.15) is 5.82 Å². The Morgan fingerprint density at radius 1 is 1.12 bits per heavy atom. The van der Waals surface area contributed by atoms with Crippen LogP contribution in [0.3, 0.4) is 0 Å². The zero-order valence-electron chi connectivity index (χ0n) is 9.13. The van der Waals surface area contributed by atoms with Crippen molar-refractivity contribution < 1.29 is 0 Å². The number of para-hydroxylation sites is 1. The first-order chi connectivity index (χ1) is 8.25. The monoisotopic (exact) mass is 244 g/mol. The first-order valence-corrected chi connectivity index (χ1v) is 5.56. The number of halogens is 1. The molecule has 3 aromatic rings. The number of nitrogens with zero attached hydrogens (tertiary/aromatic N) is 4. The van der Waals surface area contributed by atoms with Gasteiger partial charge in [0.05, 0.1) is 6.20 Å². The van der Waals surface area contributed by atoms with Crippen LogP contribution in [0.2, 0.25) is 5.28 Å². The van der Waals surface area contributed by atoms with Gasteiger partial charge in [-0.05, 0) is 30.7 Å². The molecule has 1 aromatic carbocycles. The van der Waals surface area contributed by atoms with E-state index in [-0.39, 0.29) is 5.28 Å². The van der Waals surface area contributed by atoms with Crippen molar-refractivity contribution in [3.8, 4) is 5.69 Å². The molecule has 0 atom stereocenters. The predicted octanol–water partition coefficient (Wildman–Crippen LogP) is 2.78. The van der Waals surface area contributed by atoms with Crippen LogP contribution in [0.5, 0.6) is 0 Å². The lowest BCUT2D eigenvalue weighted by molar-refractivity contribution is 0.985. The van der Waals surface area contributed by atoms with Crippen molar-refractivity contribution in [1.29, 1.82) is 0 Å². The van der Waals surface area contributed by atoms with E-state index in [1.807, 2.05) is 41.8 Å². The van der Waals surface area contributed by atoms with Gasteiger partial charge in [0.1, 0.15) is 11.3 Å². The number of imidazole rings is 1. The Morgan fingerprint density at radius 2 is 1.88 bits per heavy atom. The standard InChI is InChI=1S/C12H9ClN4/c1-8-15-10-7-14-12(13)16-11(10)17(8)9-5-3-2-4-6-9/h2-7H,1H3. The zero-order valence-corrected chi connectivity index (χ0v) is 9.89. The number of fused-ring (bicyclic) bond motifs is 1. The third-order valence-electron chi connectivity index (χ3n) is 2.55. The summed E-state index contributed by atoms with van der Waals surface area (Å²) in [5, 5.41) is 0.231. The molecule has 5 heteroatoms. The van der Waals surface area contributed by atoms with Crippen LogP contribution in [0.25, 0.3) is 16.9 Å². The molecule has 0 saturated heterocycles. The van der Waals surface area contributed by atoms with Gasteiger partial charge in [-0.3, -0.25) is 4.57 Å². The van der Waals surface area contributed by atoms with Crippen molar-refractivity contribution in [2.24, 2.45) is 0 Å². The van der Waals surface area contributed by atoms with Crippen LogP contribution >= 0.6 is 11.6 Å². The highest BCUT2D eigenvalue weighted by Crippen LogP contribution is 2.19. The van der Waals surface area contributed by atoms with Gasteiger partial charge in [0, 0.05) is 5.69 Å². The lowest BCUT2D eigenvalue weighted by Gasteiger charge is -2.05. The third-order valence-corrected chi connectivity index (χ3v) is 2.73. The lowest BCUT2D eigenvalue weighted by atomic mass is 10.3. The summed E-state index contributed by atoms with van der Waals surface area (Å²) in [5.74, 6) is 0.864. The van der Waals surface area contributed by atoms with Crippen LogP contribution in [0, 0.1) is 6.92 Å². The Hall–Kier alpha value is -1.94. The number of benzene rings is 1. The molecule has 0 aliphatic heterocycles. The second-order valence-corrected chi connectivity index (χ2v) is 4.02. The second-order valence-electron chi connectivity index (χ2n) is 3.68. The first-order valence-electron chi connectivity index (χ1n) is 5.19. The fourth-order valence-electron chi connectivity index (χ4n) is 1.85. The Morgan fingerprint density at radius 3 is 2.65 bits per heavy atom. The molecule has 0 spiro atoms. The molecule has 0 unspecified atom stereocenters. The Labute approximate surface area is 103 Å². The molecule has 84 valence electrons. The van der Waals surface area contributed by atoms with Gasteiger partial charge in [0.25, 0.3) is 0 Å². The van der Waals surface area contributed by atoms with Crippen LogP contribution in [-0.2, 0) is 0 Å². The van der Waals surface area contributed by atoms with E-state index in [0.717, 1.165) is 22.7 Å². The summed E-state index contributed by atoms with van der Waals surface area (Å²) >= 11 is 5.82. The molecule has 17 heavy (non-hydrogen) atoms. The van der Waals surface area contributed by atoms with Crippen molar-refractivity contribution in [3.05, 3.63) is 47.6 Å². The highest BCUT2D eigenvalue weighted by molar-refractivity contribution is 6.28. The predicted molar refractivity (Wildman–Crippen MR) is 66.4 cm³/mol. The van der Waals surface area contributed by atoms with Crippen molar-refractivity contribution >= 4 is 22.8 Å². The molecule has 0 amide bonds. The molecule has 0 saturated carbocycles. The summed E-state index contributed by atoms with van der Waals surface area (Å²) in [6.45, 7) is 1.93. The van der Waals surface area contributed by atoms with Gasteiger partial charge in [0.15, 0.2) is 5.65 Å². The summed E-state index contributed by atoms with van der Waals surface area (Å²) < 4.78 is 1.96. The Balaban J connectivity index is 2.35. The van der Waals surface area contributed by atoms with E-state index in [1.54, 1.807) is 6.20 Å². The highest BCUT2D eigenvalue weighted by atomic mass is 35.5. The first kappa shape index (κ1) is 10.2. The molecule has 2 aromatic heterocycles. The number of rotatable bonds is 1. The van der Waals surface area contributed by atoms with Crippen LogP contribution in [0.4, 0.5) is 0 Å². The largest absolute Gasteiger partial charge is 0.281 e. The van der Waals surface area contributed by atoms with E-state index in [1.165, 1.54) is 0 Å². The molecule has 4 nitrogen and oxygen atoms in total. The minimum absolute atomic E-state index is 0.231. The van der Waals surface area contributed by atoms with Gasteiger partial charge < -0.3 is 0 Å². The number of aryl methyl sites for hydroxylation is 1. The Kier molecular flexibility index (Phi) is 2.30. The summed E-state index contributed by atoms with van der Waals surface area (Å²) in [5.41, 5.74) is 2.49. The second kappa shape index (κ2) is 3.82. The number of aromatic nitrogens is 4. The maximum absolute atomic E-state index is 5.82. The van der Waals surface area contributed by atoms with Gasteiger partial charge >= 0.3 is 0 Å².